The molecule has 17 heavy (non-hydrogen) atoms. The topological polar surface area (TPSA) is 67.0 Å². The molecule has 0 spiro atoms. The number of H-pyrrole nitrogens is 1. The van der Waals surface area contributed by atoms with Crippen LogP contribution in [0.2, 0.25) is 0 Å². The van der Waals surface area contributed by atoms with Crippen LogP contribution in [-0.2, 0) is 16.0 Å². The lowest BCUT2D eigenvalue weighted by molar-refractivity contribution is -0.131. The number of ether oxygens (including phenoxy) is 1. The quantitative estimate of drug-likeness (QED) is 0.747. The van der Waals surface area contributed by atoms with Gasteiger partial charge in [-0.3, -0.25) is 4.79 Å². The number of nitrogens with zero attached hydrogens (tertiary/aromatic N) is 1. The highest BCUT2D eigenvalue weighted by molar-refractivity contribution is 5.81. The molecule has 1 aromatic heterocycles. The molecule has 2 atom stereocenters. The Bertz CT molecular complexity index is 351. The van der Waals surface area contributed by atoms with Gasteiger partial charge in [0.25, 0.3) is 0 Å². The normalized spacial score (nSPS) is 23.8. The summed E-state index contributed by atoms with van der Waals surface area (Å²) in [6, 6.07) is 0. The Morgan fingerprint density at radius 1 is 1.71 bits per heavy atom. The first-order valence-corrected chi connectivity index (χ1v) is 6.15. The minimum absolute atomic E-state index is 0.0226. The van der Waals surface area contributed by atoms with Gasteiger partial charge in [0.15, 0.2) is 0 Å². The van der Waals surface area contributed by atoms with Gasteiger partial charge in [0.1, 0.15) is 11.9 Å². The molecule has 1 fully saturated rings. The lowest BCUT2D eigenvalue weighted by atomic mass is 10.0. The lowest BCUT2D eigenvalue weighted by Gasteiger charge is -2.14. The number of aromatic nitrogens is 2. The zero-order chi connectivity index (χ0) is 12.1. The average molecular weight is 237 g/mol. The molecule has 0 aromatic carbocycles. The Morgan fingerprint density at radius 3 is 3.24 bits per heavy atom. The molecular formula is C12H19N3O2. The predicted octanol–water partition coefficient (Wildman–Crippen LogP) is 0.883. The van der Waals surface area contributed by atoms with E-state index >= 15 is 0 Å². The molecule has 0 bridgehead atoms. The fourth-order valence-electron chi connectivity index (χ4n) is 2.03. The van der Waals surface area contributed by atoms with E-state index in [9.17, 15) is 4.79 Å². The van der Waals surface area contributed by atoms with Crippen molar-refractivity contribution in [3.63, 3.8) is 0 Å². The zero-order valence-corrected chi connectivity index (χ0v) is 10.1. The number of hydrogen-bond donors (Lipinski definition) is 2. The molecule has 1 amide bonds. The molecule has 2 N–H and O–H groups in total. The van der Waals surface area contributed by atoms with E-state index in [4.69, 9.17) is 4.74 Å². The fourth-order valence-corrected chi connectivity index (χ4v) is 2.03. The van der Waals surface area contributed by atoms with Crippen molar-refractivity contribution in [2.75, 3.05) is 13.2 Å². The number of aromatic amines is 1. The van der Waals surface area contributed by atoms with Crippen molar-refractivity contribution in [3.05, 3.63) is 18.2 Å². The van der Waals surface area contributed by atoms with Crippen molar-refractivity contribution in [3.8, 4) is 0 Å². The zero-order valence-electron chi connectivity index (χ0n) is 10.1. The molecule has 0 aliphatic carbocycles. The second-order valence-corrected chi connectivity index (χ2v) is 4.49. The SMILES string of the molecule is CC1CCOC1C(=O)NCCCc1ncc[nH]1. The molecular weight excluding hydrogens is 218 g/mol. The Labute approximate surface area is 101 Å². The van der Waals surface area contributed by atoms with E-state index in [1.165, 1.54) is 0 Å². The first-order valence-electron chi connectivity index (χ1n) is 6.15. The van der Waals surface area contributed by atoms with Crippen LogP contribution in [-0.4, -0.2) is 35.1 Å². The summed E-state index contributed by atoms with van der Waals surface area (Å²) in [5, 5.41) is 2.91. The maximum absolute atomic E-state index is 11.8. The van der Waals surface area contributed by atoms with E-state index in [1.807, 2.05) is 6.20 Å². The van der Waals surface area contributed by atoms with Crippen LogP contribution in [0.15, 0.2) is 12.4 Å². The van der Waals surface area contributed by atoms with Crippen molar-refractivity contribution in [1.29, 1.82) is 0 Å². The van der Waals surface area contributed by atoms with Crippen LogP contribution >= 0.6 is 0 Å². The standard InChI is InChI=1S/C12H19N3O2/c1-9-4-8-17-11(9)12(16)15-5-2-3-10-13-6-7-14-10/h6-7,9,11H,2-5,8H2,1H3,(H,13,14)(H,15,16). The highest BCUT2D eigenvalue weighted by Crippen LogP contribution is 2.19. The second-order valence-electron chi connectivity index (χ2n) is 4.49. The molecule has 5 heteroatoms. The van der Waals surface area contributed by atoms with Gasteiger partial charge < -0.3 is 15.0 Å². The number of carbonyl (C=O) groups excluding carboxylic acids is 1. The molecule has 0 radical (unpaired) electrons. The van der Waals surface area contributed by atoms with Gasteiger partial charge in [0.05, 0.1) is 0 Å². The smallest absolute Gasteiger partial charge is 0.249 e. The van der Waals surface area contributed by atoms with Crippen LogP contribution in [0.3, 0.4) is 0 Å². The van der Waals surface area contributed by atoms with Gasteiger partial charge in [-0.2, -0.15) is 0 Å². The van der Waals surface area contributed by atoms with Gasteiger partial charge in [-0.25, -0.2) is 4.98 Å². The third kappa shape index (κ3) is 3.30. The number of carbonyl (C=O) groups is 1. The Balaban J connectivity index is 1.63. The molecule has 1 aliphatic heterocycles. The summed E-state index contributed by atoms with van der Waals surface area (Å²) in [6.07, 6.45) is 6.02. The first-order chi connectivity index (χ1) is 8.27. The number of hydrogen-bond acceptors (Lipinski definition) is 3. The van der Waals surface area contributed by atoms with Crippen molar-refractivity contribution in [2.45, 2.75) is 32.3 Å². The molecule has 1 aromatic rings. The summed E-state index contributed by atoms with van der Waals surface area (Å²) in [4.78, 5) is 18.9. The third-order valence-corrected chi connectivity index (χ3v) is 3.09. The Hall–Kier alpha value is -1.36. The van der Waals surface area contributed by atoms with Gasteiger partial charge >= 0.3 is 0 Å². The summed E-state index contributed by atoms with van der Waals surface area (Å²) < 4.78 is 5.40. The molecule has 1 aliphatic rings. The third-order valence-electron chi connectivity index (χ3n) is 3.09. The van der Waals surface area contributed by atoms with E-state index in [-0.39, 0.29) is 12.0 Å². The second kappa shape index (κ2) is 5.82. The summed E-state index contributed by atoms with van der Waals surface area (Å²) >= 11 is 0. The monoisotopic (exact) mass is 237 g/mol. The van der Waals surface area contributed by atoms with E-state index in [0.717, 1.165) is 25.1 Å². The fraction of sp³-hybridized carbons (Fsp3) is 0.667. The summed E-state index contributed by atoms with van der Waals surface area (Å²) in [7, 11) is 0. The molecule has 1 saturated heterocycles. The Kier molecular flexibility index (Phi) is 4.14. The van der Waals surface area contributed by atoms with Crippen molar-refractivity contribution in [1.82, 2.24) is 15.3 Å². The minimum Gasteiger partial charge on any atom is -0.368 e. The van der Waals surface area contributed by atoms with Crippen LogP contribution in [0.5, 0.6) is 0 Å². The van der Waals surface area contributed by atoms with Crippen LogP contribution in [0.4, 0.5) is 0 Å². The van der Waals surface area contributed by atoms with E-state index in [0.29, 0.717) is 19.1 Å². The predicted molar refractivity (Wildman–Crippen MR) is 63.4 cm³/mol. The Morgan fingerprint density at radius 2 is 2.59 bits per heavy atom. The number of nitrogens with one attached hydrogen (secondary N) is 2. The molecule has 94 valence electrons. The van der Waals surface area contributed by atoms with Crippen molar-refractivity contribution in [2.24, 2.45) is 5.92 Å². The van der Waals surface area contributed by atoms with Crippen LogP contribution in [0, 0.1) is 5.92 Å². The van der Waals surface area contributed by atoms with Crippen molar-refractivity contribution >= 4 is 5.91 Å². The van der Waals surface area contributed by atoms with Gasteiger partial charge in [0, 0.05) is 32.0 Å². The van der Waals surface area contributed by atoms with Gasteiger partial charge in [0.2, 0.25) is 5.91 Å². The van der Waals surface area contributed by atoms with Crippen LogP contribution in [0.1, 0.15) is 25.6 Å². The average Bonchev–Trinajstić information content (AvgIpc) is 2.95. The highest BCUT2D eigenvalue weighted by Gasteiger charge is 2.30. The largest absolute Gasteiger partial charge is 0.368 e. The number of imidazole rings is 1. The molecule has 2 heterocycles. The molecule has 0 saturated carbocycles. The maximum Gasteiger partial charge on any atom is 0.249 e. The molecule has 2 unspecified atom stereocenters. The highest BCUT2D eigenvalue weighted by atomic mass is 16.5. The number of rotatable bonds is 5. The van der Waals surface area contributed by atoms with E-state index < -0.39 is 0 Å². The van der Waals surface area contributed by atoms with E-state index in [2.05, 4.69) is 22.2 Å². The van der Waals surface area contributed by atoms with Crippen LogP contribution in [0.25, 0.3) is 0 Å². The van der Waals surface area contributed by atoms with E-state index in [1.54, 1.807) is 6.20 Å². The molecule has 5 nitrogen and oxygen atoms in total. The van der Waals surface area contributed by atoms with Crippen LogP contribution < -0.4 is 5.32 Å². The van der Waals surface area contributed by atoms with Crippen molar-refractivity contribution < 1.29 is 9.53 Å². The summed E-state index contributed by atoms with van der Waals surface area (Å²) in [5.74, 6) is 1.32. The van der Waals surface area contributed by atoms with Gasteiger partial charge in [-0.15, -0.1) is 0 Å². The lowest BCUT2D eigenvalue weighted by Crippen LogP contribution is -2.37. The minimum atomic E-state index is -0.251. The number of amides is 1. The summed E-state index contributed by atoms with van der Waals surface area (Å²) in [6.45, 7) is 3.43. The number of aryl methyl sites for hydroxylation is 1. The molecule has 2 rings (SSSR count). The van der Waals surface area contributed by atoms with Gasteiger partial charge in [-0.05, 0) is 18.8 Å². The first kappa shape index (κ1) is 12.1. The maximum atomic E-state index is 11.8. The summed E-state index contributed by atoms with van der Waals surface area (Å²) in [5.41, 5.74) is 0. The van der Waals surface area contributed by atoms with Gasteiger partial charge in [-0.1, -0.05) is 6.92 Å².